The molecular weight excluding hydrogens is 260 g/mol. The zero-order chi connectivity index (χ0) is 14.7. The van der Waals surface area contributed by atoms with Crippen molar-refractivity contribution in [3.8, 4) is 0 Å². The molecule has 2 aromatic rings. The highest BCUT2D eigenvalue weighted by Crippen LogP contribution is 2.36. The van der Waals surface area contributed by atoms with Crippen LogP contribution < -0.4 is 5.32 Å². The summed E-state index contributed by atoms with van der Waals surface area (Å²) in [6, 6.07) is 8.93. The molecule has 0 aliphatic heterocycles. The molecule has 0 bridgehead atoms. The molecule has 6 nitrogen and oxygen atoms in total. The average molecular weight is 274 g/mol. The summed E-state index contributed by atoms with van der Waals surface area (Å²) in [5, 5.41) is 15.3. The minimum absolute atomic E-state index is 0.0897. The van der Waals surface area contributed by atoms with Crippen molar-refractivity contribution in [2.75, 3.05) is 19.0 Å². The summed E-state index contributed by atoms with van der Waals surface area (Å²) in [6.45, 7) is 1.50. The molecule has 0 fully saturated rings. The molecule has 0 aliphatic carbocycles. The Kier molecular flexibility index (Phi) is 3.95. The van der Waals surface area contributed by atoms with Crippen LogP contribution in [0.25, 0.3) is 10.8 Å². The number of nitrogens with zero attached hydrogens (tertiary/aromatic N) is 1. The number of amides is 1. The monoisotopic (exact) mass is 274 g/mol. The molecule has 0 saturated heterocycles. The van der Waals surface area contributed by atoms with Crippen molar-refractivity contribution in [2.45, 2.75) is 6.92 Å². The van der Waals surface area contributed by atoms with E-state index in [4.69, 9.17) is 4.74 Å². The van der Waals surface area contributed by atoms with E-state index in [1.807, 2.05) is 12.1 Å². The highest BCUT2D eigenvalue weighted by atomic mass is 16.6. The van der Waals surface area contributed by atoms with Gasteiger partial charge in [-0.15, -0.1) is 0 Å². The van der Waals surface area contributed by atoms with Crippen molar-refractivity contribution >= 4 is 28.1 Å². The third-order valence-corrected chi connectivity index (χ3v) is 2.93. The Labute approximate surface area is 115 Å². The minimum Gasteiger partial charge on any atom is -0.375 e. The molecule has 0 atom stereocenters. The summed E-state index contributed by atoms with van der Waals surface area (Å²) in [6.07, 6.45) is 0. The summed E-state index contributed by atoms with van der Waals surface area (Å²) in [5.74, 6) is -0.425. The highest BCUT2D eigenvalue weighted by molar-refractivity contribution is 6.06. The van der Waals surface area contributed by atoms with Gasteiger partial charge in [-0.25, -0.2) is 0 Å². The van der Waals surface area contributed by atoms with Gasteiger partial charge in [0.1, 0.15) is 12.3 Å². The van der Waals surface area contributed by atoms with Gasteiger partial charge in [-0.3, -0.25) is 14.9 Å². The van der Waals surface area contributed by atoms with Crippen LogP contribution in [0.3, 0.4) is 0 Å². The number of hydrogen-bond acceptors (Lipinski definition) is 4. The molecule has 1 amide bonds. The van der Waals surface area contributed by atoms with E-state index in [1.54, 1.807) is 25.1 Å². The van der Waals surface area contributed by atoms with Crippen molar-refractivity contribution in [2.24, 2.45) is 0 Å². The summed E-state index contributed by atoms with van der Waals surface area (Å²) < 4.78 is 4.74. The first-order chi connectivity index (χ1) is 9.54. The third-order valence-electron chi connectivity index (χ3n) is 2.93. The van der Waals surface area contributed by atoms with Gasteiger partial charge in [0.15, 0.2) is 0 Å². The Morgan fingerprint density at radius 2 is 2.10 bits per heavy atom. The topological polar surface area (TPSA) is 81.5 Å². The number of rotatable bonds is 4. The van der Waals surface area contributed by atoms with Crippen LogP contribution >= 0.6 is 0 Å². The number of fused-ring (bicyclic) bond motifs is 1. The standard InChI is InChI=1S/C14H14N2O4/c1-9-7-10-5-3-4-6-11(10)13(14(9)16(18)19)15-12(17)8-20-2/h3-7H,8H2,1-2H3,(H,15,17). The summed E-state index contributed by atoms with van der Waals surface area (Å²) >= 11 is 0. The number of ether oxygens (including phenoxy) is 1. The zero-order valence-electron chi connectivity index (χ0n) is 11.2. The van der Waals surface area contributed by atoms with E-state index in [-0.39, 0.29) is 18.0 Å². The molecule has 1 N–H and O–H groups in total. The number of nitrogens with one attached hydrogen (secondary N) is 1. The van der Waals surface area contributed by atoms with Crippen LogP contribution in [0.5, 0.6) is 0 Å². The normalized spacial score (nSPS) is 10.5. The molecular formula is C14H14N2O4. The van der Waals surface area contributed by atoms with Crippen molar-refractivity contribution in [3.63, 3.8) is 0 Å². The number of carbonyl (C=O) groups is 1. The molecule has 104 valence electrons. The van der Waals surface area contributed by atoms with E-state index in [2.05, 4.69) is 5.32 Å². The summed E-state index contributed by atoms with van der Waals surface area (Å²) in [5.41, 5.74) is 0.627. The molecule has 0 heterocycles. The Morgan fingerprint density at radius 1 is 1.40 bits per heavy atom. The number of nitro benzene ring substituents is 1. The molecule has 0 radical (unpaired) electrons. The van der Waals surface area contributed by atoms with E-state index < -0.39 is 10.8 Å². The van der Waals surface area contributed by atoms with Crippen molar-refractivity contribution in [1.82, 2.24) is 0 Å². The van der Waals surface area contributed by atoms with E-state index in [0.29, 0.717) is 10.9 Å². The maximum atomic E-state index is 11.7. The van der Waals surface area contributed by atoms with Crippen LogP contribution in [-0.4, -0.2) is 24.5 Å². The number of anilines is 1. The lowest BCUT2D eigenvalue weighted by Crippen LogP contribution is -2.18. The smallest absolute Gasteiger partial charge is 0.296 e. The van der Waals surface area contributed by atoms with Crippen LogP contribution in [0.15, 0.2) is 30.3 Å². The number of aryl methyl sites for hydroxylation is 1. The molecule has 0 unspecified atom stereocenters. The first-order valence-corrected chi connectivity index (χ1v) is 6.00. The number of carbonyl (C=O) groups excluding carboxylic acids is 1. The van der Waals surface area contributed by atoms with Gasteiger partial charge in [-0.2, -0.15) is 0 Å². The van der Waals surface area contributed by atoms with Gasteiger partial charge in [0.2, 0.25) is 0 Å². The molecule has 0 saturated carbocycles. The van der Waals surface area contributed by atoms with Crippen LogP contribution in [-0.2, 0) is 9.53 Å². The fourth-order valence-electron chi connectivity index (χ4n) is 2.15. The fourth-order valence-corrected chi connectivity index (χ4v) is 2.15. The van der Waals surface area contributed by atoms with Gasteiger partial charge >= 0.3 is 0 Å². The molecule has 0 spiro atoms. The first kappa shape index (κ1) is 14.0. The van der Waals surface area contributed by atoms with Crippen LogP contribution in [0.4, 0.5) is 11.4 Å². The van der Waals surface area contributed by atoms with Gasteiger partial charge in [0.05, 0.1) is 4.92 Å². The molecule has 0 aliphatic rings. The Bertz CT molecular complexity index is 682. The number of hydrogen-bond donors (Lipinski definition) is 1. The predicted molar refractivity (Wildman–Crippen MR) is 75.8 cm³/mol. The molecule has 2 rings (SSSR count). The second-order valence-electron chi connectivity index (χ2n) is 4.38. The molecule has 20 heavy (non-hydrogen) atoms. The largest absolute Gasteiger partial charge is 0.375 e. The van der Waals surface area contributed by atoms with Crippen molar-refractivity contribution < 1.29 is 14.5 Å². The Morgan fingerprint density at radius 3 is 2.75 bits per heavy atom. The number of nitro groups is 1. The molecule has 0 aromatic heterocycles. The van der Waals surface area contributed by atoms with E-state index >= 15 is 0 Å². The van der Waals surface area contributed by atoms with E-state index in [0.717, 1.165) is 5.39 Å². The van der Waals surface area contributed by atoms with Gasteiger partial charge in [-0.1, -0.05) is 24.3 Å². The van der Waals surface area contributed by atoms with E-state index in [1.165, 1.54) is 7.11 Å². The lowest BCUT2D eigenvalue weighted by Gasteiger charge is -2.11. The lowest BCUT2D eigenvalue weighted by atomic mass is 10.0. The van der Waals surface area contributed by atoms with Gasteiger partial charge in [-0.05, 0) is 18.4 Å². The predicted octanol–water partition coefficient (Wildman–Crippen LogP) is 2.64. The SMILES string of the molecule is COCC(=O)Nc1c([N+](=O)[O-])c(C)cc2ccccc12. The fraction of sp³-hybridized carbons (Fsp3) is 0.214. The quantitative estimate of drug-likeness (QED) is 0.686. The minimum atomic E-state index is -0.482. The van der Waals surface area contributed by atoms with Gasteiger partial charge < -0.3 is 10.1 Å². The zero-order valence-corrected chi connectivity index (χ0v) is 11.2. The Hall–Kier alpha value is -2.47. The maximum absolute atomic E-state index is 11.7. The maximum Gasteiger partial charge on any atom is 0.296 e. The second kappa shape index (κ2) is 5.66. The molecule has 6 heteroatoms. The highest BCUT2D eigenvalue weighted by Gasteiger charge is 2.22. The number of methoxy groups -OCH3 is 1. The second-order valence-corrected chi connectivity index (χ2v) is 4.38. The van der Waals surface area contributed by atoms with Crippen LogP contribution in [0, 0.1) is 17.0 Å². The number of benzene rings is 2. The summed E-state index contributed by atoms with van der Waals surface area (Å²) in [4.78, 5) is 22.5. The first-order valence-electron chi connectivity index (χ1n) is 6.00. The van der Waals surface area contributed by atoms with Crippen molar-refractivity contribution in [3.05, 3.63) is 46.0 Å². The molecule has 2 aromatic carbocycles. The van der Waals surface area contributed by atoms with Crippen LogP contribution in [0.1, 0.15) is 5.56 Å². The van der Waals surface area contributed by atoms with Crippen molar-refractivity contribution in [1.29, 1.82) is 0 Å². The van der Waals surface area contributed by atoms with Gasteiger partial charge in [0, 0.05) is 18.1 Å². The van der Waals surface area contributed by atoms with Crippen LogP contribution in [0.2, 0.25) is 0 Å². The lowest BCUT2D eigenvalue weighted by molar-refractivity contribution is -0.384. The van der Waals surface area contributed by atoms with Gasteiger partial charge in [0.25, 0.3) is 11.6 Å². The Balaban J connectivity index is 2.66. The third kappa shape index (κ3) is 2.60. The summed E-state index contributed by atoms with van der Waals surface area (Å²) in [7, 11) is 1.39. The average Bonchev–Trinajstić information content (AvgIpc) is 2.38. The van der Waals surface area contributed by atoms with E-state index in [9.17, 15) is 14.9 Å².